The van der Waals surface area contributed by atoms with Crippen LogP contribution in [0.1, 0.15) is 15.9 Å². The molecule has 1 N–H and O–H groups in total. The third kappa shape index (κ3) is 4.76. The number of carbonyl (C=O) groups excluding carboxylic acids is 2. The van der Waals surface area contributed by atoms with Crippen LogP contribution >= 0.6 is 11.6 Å². The number of halogens is 3. The van der Waals surface area contributed by atoms with Gasteiger partial charge in [0.15, 0.2) is 0 Å². The molecule has 2 aromatic carbocycles. The van der Waals surface area contributed by atoms with E-state index in [-0.39, 0.29) is 18.0 Å². The van der Waals surface area contributed by atoms with Gasteiger partial charge in [-0.2, -0.15) is 0 Å². The normalized spacial score (nSPS) is 10.3. The van der Waals surface area contributed by atoms with Crippen molar-refractivity contribution in [3.8, 4) is 0 Å². The van der Waals surface area contributed by atoms with Gasteiger partial charge in [-0.3, -0.25) is 9.59 Å². The Labute approximate surface area is 143 Å². The van der Waals surface area contributed by atoms with Crippen molar-refractivity contribution in [3.05, 3.63) is 70.2 Å². The summed E-state index contributed by atoms with van der Waals surface area (Å²) in [6, 6.07) is 9.67. The monoisotopic (exact) mass is 352 g/mol. The molecule has 7 heteroatoms. The first-order chi connectivity index (χ1) is 11.4. The molecule has 0 fully saturated rings. The van der Waals surface area contributed by atoms with Crippen LogP contribution in [0.25, 0.3) is 0 Å². The van der Waals surface area contributed by atoms with E-state index >= 15 is 0 Å². The van der Waals surface area contributed by atoms with Gasteiger partial charge in [0.25, 0.3) is 5.91 Å². The smallest absolute Gasteiger partial charge is 0.254 e. The third-order valence-electron chi connectivity index (χ3n) is 3.31. The highest BCUT2D eigenvalue weighted by Gasteiger charge is 2.15. The Hall–Kier alpha value is -2.47. The number of likely N-dealkylation sites (N-methyl/N-ethyl adjacent to an activating group) is 1. The molecular weight excluding hydrogens is 338 g/mol. The van der Waals surface area contributed by atoms with Crippen molar-refractivity contribution in [2.45, 2.75) is 6.54 Å². The topological polar surface area (TPSA) is 49.4 Å². The van der Waals surface area contributed by atoms with Gasteiger partial charge in [-0.15, -0.1) is 0 Å². The Kier molecular flexibility index (Phi) is 5.87. The summed E-state index contributed by atoms with van der Waals surface area (Å²) in [5.41, 5.74) is 0.524. The zero-order chi connectivity index (χ0) is 17.7. The Morgan fingerprint density at radius 2 is 1.92 bits per heavy atom. The van der Waals surface area contributed by atoms with E-state index in [4.69, 9.17) is 11.6 Å². The first-order valence-corrected chi connectivity index (χ1v) is 7.46. The van der Waals surface area contributed by atoms with Crippen molar-refractivity contribution >= 4 is 23.4 Å². The van der Waals surface area contributed by atoms with E-state index in [0.717, 1.165) is 17.7 Å². The molecule has 0 aliphatic heterocycles. The van der Waals surface area contributed by atoms with Crippen LogP contribution in [0, 0.1) is 11.6 Å². The number of benzene rings is 2. The maximum absolute atomic E-state index is 13.5. The number of nitrogens with one attached hydrogen (secondary N) is 1. The molecular formula is C17H15ClF2N2O2. The van der Waals surface area contributed by atoms with E-state index in [0.29, 0.717) is 17.6 Å². The highest BCUT2D eigenvalue weighted by atomic mass is 35.5. The van der Waals surface area contributed by atoms with Crippen molar-refractivity contribution < 1.29 is 18.4 Å². The van der Waals surface area contributed by atoms with E-state index in [1.165, 1.54) is 4.90 Å². The van der Waals surface area contributed by atoms with Crippen molar-refractivity contribution in [1.29, 1.82) is 0 Å². The second-order valence-corrected chi connectivity index (χ2v) is 5.62. The first kappa shape index (κ1) is 17.9. The highest BCUT2D eigenvalue weighted by molar-refractivity contribution is 6.30. The van der Waals surface area contributed by atoms with Crippen molar-refractivity contribution in [1.82, 2.24) is 10.2 Å². The SMILES string of the molecule is CN(Cc1cccc(Cl)c1)C(=O)CNC(=O)c1ccc(F)cc1F. The van der Waals surface area contributed by atoms with Crippen LogP contribution in [-0.4, -0.2) is 30.3 Å². The van der Waals surface area contributed by atoms with Gasteiger partial charge >= 0.3 is 0 Å². The number of nitrogens with zero attached hydrogens (tertiary/aromatic N) is 1. The third-order valence-corrected chi connectivity index (χ3v) is 3.55. The lowest BCUT2D eigenvalue weighted by Gasteiger charge is -2.18. The molecule has 24 heavy (non-hydrogen) atoms. The number of hydrogen-bond acceptors (Lipinski definition) is 2. The predicted octanol–water partition coefficient (Wildman–Crippen LogP) is 3.01. The summed E-state index contributed by atoms with van der Waals surface area (Å²) in [7, 11) is 1.58. The van der Waals surface area contributed by atoms with E-state index in [9.17, 15) is 18.4 Å². The molecule has 0 bridgehead atoms. The summed E-state index contributed by atoms with van der Waals surface area (Å²) in [5.74, 6) is -2.89. The van der Waals surface area contributed by atoms with Crippen molar-refractivity contribution in [2.75, 3.05) is 13.6 Å². The van der Waals surface area contributed by atoms with Gasteiger partial charge in [0, 0.05) is 24.7 Å². The molecule has 2 aromatic rings. The van der Waals surface area contributed by atoms with Crippen LogP contribution < -0.4 is 5.32 Å². The molecule has 2 rings (SSSR count). The fourth-order valence-electron chi connectivity index (χ4n) is 2.06. The zero-order valence-corrected chi connectivity index (χ0v) is 13.6. The van der Waals surface area contributed by atoms with Gasteiger partial charge in [-0.05, 0) is 29.8 Å². The maximum atomic E-state index is 13.5. The molecule has 126 valence electrons. The van der Waals surface area contributed by atoms with Crippen LogP contribution in [0.3, 0.4) is 0 Å². The number of hydrogen-bond donors (Lipinski definition) is 1. The van der Waals surface area contributed by atoms with Crippen LogP contribution in [0.2, 0.25) is 5.02 Å². The Morgan fingerprint density at radius 1 is 1.17 bits per heavy atom. The molecule has 0 unspecified atom stereocenters. The summed E-state index contributed by atoms with van der Waals surface area (Å²) in [6.45, 7) is 0.0207. The number of rotatable bonds is 5. The molecule has 2 amide bonds. The minimum atomic E-state index is -0.979. The summed E-state index contributed by atoms with van der Waals surface area (Å²) >= 11 is 5.88. The lowest BCUT2D eigenvalue weighted by molar-refractivity contribution is -0.129. The van der Waals surface area contributed by atoms with Crippen LogP contribution in [0.15, 0.2) is 42.5 Å². The quantitative estimate of drug-likeness (QED) is 0.899. The summed E-state index contributed by atoms with van der Waals surface area (Å²) in [6.07, 6.45) is 0. The molecule has 0 saturated heterocycles. The lowest BCUT2D eigenvalue weighted by atomic mass is 10.2. The van der Waals surface area contributed by atoms with Crippen molar-refractivity contribution in [3.63, 3.8) is 0 Å². The molecule has 0 aliphatic carbocycles. The highest BCUT2D eigenvalue weighted by Crippen LogP contribution is 2.12. The lowest BCUT2D eigenvalue weighted by Crippen LogP contribution is -2.38. The second-order valence-electron chi connectivity index (χ2n) is 5.19. The Balaban J connectivity index is 1.91. The number of carbonyl (C=O) groups is 2. The van der Waals surface area contributed by atoms with Gasteiger partial charge < -0.3 is 10.2 Å². The van der Waals surface area contributed by atoms with E-state index in [1.54, 1.807) is 25.2 Å². The van der Waals surface area contributed by atoms with Gasteiger partial charge in [0.2, 0.25) is 5.91 Å². The second kappa shape index (κ2) is 7.88. The molecule has 0 radical (unpaired) electrons. The average molecular weight is 353 g/mol. The molecule has 0 heterocycles. The van der Waals surface area contributed by atoms with Gasteiger partial charge in [-0.25, -0.2) is 8.78 Å². The largest absolute Gasteiger partial charge is 0.343 e. The van der Waals surface area contributed by atoms with E-state index in [2.05, 4.69) is 5.32 Å². The van der Waals surface area contributed by atoms with Crippen molar-refractivity contribution in [2.24, 2.45) is 0 Å². The van der Waals surface area contributed by atoms with E-state index in [1.807, 2.05) is 6.07 Å². The molecule has 4 nitrogen and oxygen atoms in total. The van der Waals surface area contributed by atoms with Crippen LogP contribution in [0.5, 0.6) is 0 Å². The van der Waals surface area contributed by atoms with Crippen LogP contribution in [-0.2, 0) is 11.3 Å². The minimum Gasteiger partial charge on any atom is -0.343 e. The molecule has 0 atom stereocenters. The van der Waals surface area contributed by atoms with E-state index < -0.39 is 17.5 Å². The Bertz CT molecular complexity index is 768. The standard InChI is InChI=1S/C17H15ClF2N2O2/c1-22(10-11-3-2-4-12(18)7-11)16(23)9-21-17(24)14-6-5-13(19)8-15(14)20/h2-8H,9-10H2,1H3,(H,21,24). The zero-order valence-electron chi connectivity index (χ0n) is 12.9. The summed E-state index contributed by atoms with van der Waals surface area (Å²) in [5, 5.41) is 2.88. The fourth-order valence-corrected chi connectivity index (χ4v) is 2.27. The number of amides is 2. The molecule has 0 saturated carbocycles. The predicted molar refractivity (Wildman–Crippen MR) is 86.6 cm³/mol. The van der Waals surface area contributed by atoms with Gasteiger partial charge in [0.05, 0.1) is 12.1 Å². The average Bonchev–Trinajstić information content (AvgIpc) is 2.52. The van der Waals surface area contributed by atoms with Crippen LogP contribution in [0.4, 0.5) is 8.78 Å². The molecule has 0 spiro atoms. The fraction of sp³-hybridized carbons (Fsp3) is 0.176. The van der Waals surface area contributed by atoms with Gasteiger partial charge in [-0.1, -0.05) is 23.7 Å². The first-order valence-electron chi connectivity index (χ1n) is 7.08. The summed E-state index contributed by atoms with van der Waals surface area (Å²) < 4.78 is 26.3. The molecule has 0 aliphatic rings. The molecule has 0 aromatic heterocycles. The minimum absolute atomic E-state index is 0.299. The van der Waals surface area contributed by atoms with Gasteiger partial charge in [0.1, 0.15) is 11.6 Å². The summed E-state index contributed by atoms with van der Waals surface area (Å²) in [4.78, 5) is 25.3. The maximum Gasteiger partial charge on any atom is 0.254 e. The Morgan fingerprint density at radius 3 is 2.58 bits per heavy atom.